The molecule has 66 valence electrons. The summed E-state index contributed by atoms with van der Waals surface area (Å²) in [4.78, 5) is 1.35. The van der Waals surface area contributed by atoms with Gasteiger partial charge in [0.2, 0.25) is 0 Å². The van der Waals surface area contributed by atoms with Crippen molar-refractivity contribution >= 4 is 5.69 Å². The molecule has 12 heavy (non-hydrogen) atoms. The fraction of sp³-hybridized carbons (Fsp3) is 0.400. The first kappa shape index (κ1) is 9.07. The Bertz CT molecular complexity index is 228. The van der Waals surface area contributed by atoms with Crippen LogP contribution >= 0.6 is 0 Å². The van der Waals surface area contributed by atoms with Gasteiger partial charge in [0.1, 0.15) is 5.69 Å². The molecule has 2 nitrogen and oxygen atoms in total. The highest BCUT2D eigenvalue weighted by Crippen LogP contribution is 2.13. The number of aliphatic hydroxyl groups is 1. The Labute approximate surface area is 73.8 Å². The predicted molar refractivity (Wildman–Crippen MR) is 51.1 cm³/mol. The van der Waals surface area contributed by atoms with E-state index in [1.165, 1.54) is 10.6 Å². The summed E-state index contributed by atoms with van der Waals surface area (Å²) in [7, 11) is 4.23. The van der Waals surface area contributed by atoms with Crippen LogP contribution in [0.15, 0.2) is 24.3 Å². The van der Waals surface area contributed by atoms with Crippen molar-refractivity contribution in [1.29, 1.82) is 0 Å². The van der Waals surface area contributed by atoms with Crippen LogP contribution in [-0.2, 0) is 0 Å². The Morgan fingerprint density at radius 1 is 1.17 bits per heavy atom. The summed E-state index contributed by atoms with van der Waals surface area (Å²) < 4.78 is 4.30. The smallest absolute Gasteiger partial charge is 0.254 e. The van der Waals surface area contributed by atoms with Crippen LogP contribution in [0.25, 0.3) is 0 Å². The summed E-state index contributed by atoms with van der Waals surface area (Å²) in [5.41, 5.74) is 1.30. The van der Waals surface area contributed by atoms with E-state index in [9.17, 15) is 0 Å². The van der Waals surface area contributed by atoms with Gasteiger partial charge in [-0.15, -0.1) is 0 Å². The molecule has 0 aliphatic rings. The molecule has 0 fully saturated rings. The lowest BCUT2D eigenvalue weighted by Gasteiger charge is -2.06. The lowest BCUT2D eigenvalue weighted by molar-refractivity contribution is -0.786. The zero-order valence-corrected chi connectivity index (χ0v) is 7.96. The first-order valence-corrected chi connectivity index (χ1v) is 4.32. The van der Waals surface area contributed by atoms with Crippen molar-refractivity contribution in [3.63, 3.8) is 0 Å². The van der Waals surface area contributed by atoms with Gasteiger partial charge < -0.3 is 9.64 Å². The molecule has 0 bridgehead atoms. The zero-order valence-electron chi connectivity index (χ0n) is 7.96. The van der Waals surface area contributed by atoms with Crippen LogP contribution in [0.4, 0.5) is 5.69 Å². The molecule has 0 aliphatic carbocycles. The van der Waals surface area contributed by atoms with Gasteiger partial charge in [-0.3, -0.25) is 0 Å². The van der Waals surface area contributed by atoms with E-state index in [0.717, 1.165) is 12.4 Å². The molecular weight excluding hydrogens is 150 g/mol. The van der Waals surface area contributed by atoms with Crippen molar-refractivity contribution in [2.24, 2.45) is 0 Å². The lowest BCUT2D eigenvalue weighted by Crippen LogP contribution is -3.00. The van der Waals surface area contributed by atoms with Gasteiger partial charge in [0.15, 0.2) is 6.61 Å². The number of ether oxygens (including phenoxy) is 1. The van der Waals surface area contributed by atoms with Gasteiger partial charge in [-0.2, -0.15) is 0 Å². The predicted octanol–water partition coefficient (Wildman–Crippen LogP) is 0.724. The number of hydrogen-bond donors (Lipinski definition) is 1. The maximum atomic E-state index is 4.30. The standard InChI is InChI=1S/C10H15NO/c1-4-12-10-7-5-9(6-8-10)11(2)3/h5-8H,4H2,1-3H3/p+2. The van der Waals surface area contributed by atoms with Crippen molar-refractivity contribution in [3.8, 4) is 5.75 Å². The lowest BCUT2D eigenvalue weighted by atomic mass is 10.3. The molecule has 0 saturated carbocycles. The van der Waals surface area contributed by atoms with Crippen LogP contribution in [0.1, 0.15) is 6.92 Å². The second kappa shape index (κ2) is 4.12. The van der Waals surface area contributed by atoms with Gasteiger partial charge in [-0.05, 0) is 0 Å². The van der Waals surface area contributed by atoms with Gasteiger partial charge in [0, 0.05) is 31.2 Å². The molecule has 0 spiro atoms. The first-order chi connectivity index (χ1) is 5.74. The molecule has 2 N–H and O–H groups in total. The Morgan fingerprint density at radius 3 is 2.17 bits per heavy atom. The van der Waals surface area contributed by atoms with Crippen molar-refractivity contribution in [1.82, 2.24) is 0 Å². The summed E-state index contributed by atoms with van der Waals surface area (Å²) in [5.74, 6) is 1.07. The van der Waals surface area contributed by atoms with E-state index in [-0.39, 0.29) is 0 Å². The number of quaternary nitrogens is 1. The number of benzene rings is 1. The van der Waals surface area contributed by atoms with Gasteiger partial charge in [-0.25, -0.2) is 0 Å². The number of nitrogens with one attached hydrogen (secondary N) is 1. The Balaban J connectivity index is 2.71. The molecule has 0 radical (unpaired) electrons. The van der Waals surface area contributed by atoms with Crippen LogP contribution in [0.5, 0.6) is 5.75 Å². The maximum absolute atomic E-state index is 4.30. The first-order valence-electron chi connectivity index (χ1n) is 4.32. The quantitative estimate of drug-likeness (QED) is 0.505. The molecular formula is C10H17NO+2. The van der Waals surface area contributed by atoms with E-state index >= 15 is 0 Å². The van der Waals surface area contributed by atoms with Crippen LogP contribution in [-0.4, -0.2) is 25.4 Å². The molecule has 0 aliphatic heterocycles. The van der Waals surface area contributed by atoms with E-state index in [1.807, 2.05) is 6.92 Å². The third kappa shape index (κ3) is 2.24. The molecule has 0 amide bonds. The maximum Gasteiger partial charge on any atom is 0.254 e. The van der Waals surface area contributed by atoms with Crippen LogP contribution < -0.4 is 4.90 Å². The molecule has 1 aromatic carbocycles. The Morgan fingerprint density at radius 2 is 1.75 bits per heavy atom. The summed E-state index contributed by atoms with van der Waals surface area (Å²) in [6.45, 7) is 2.90. The Kier molecular flexibility index (Phi) is 3.11. The summed E-state index contributed by atoms with van der Waals surface area (Å²) in [6.07, 6.45) is 0. The minimum Gasteiger partial charge on any atom is -0.583 e. The third-order valence-corrected chi connectivity index (χ3v) is 1.79. The summed E-state index contributed by atoms with van der Waals surface area (Å²) in [5, 5.41) is 0. The molecule has 0 atom stereocenters. The Hall–Kier alpha value is -1.02. The fourth-order valence-electron chi connectivity index (χ4n) is 1.08. The monoisotopic (exact) mass is 167 g/mol. The van der Waals surface area contributed by atoms with E-state index < -0.39 is 0 Å². The van der Waals surface area contributed by atoms with Crippen molar-refractivity contribution in [3.05, 3.63) is 24.3 Å². The zero-order chi connectivity index (χ0) is 8.97. The number of hydrogen-bond acceptors (Lipinski definition) is 0. The van der Waals surface area contributed by atoms with Crippen LogP contribution in [0, 0.1) is 0 Å². The highest BCUT2D eigenvalue weighted by molar-refractivity contribution is 5.35. The third-order valence-electron chi connectivity index (χ3n) is 1.79. The normalized spacial score (nSPS) is 10.3. The highest BCUT2D eigenvalue weighted by atomic mass is 16.5. The van der Waals surface area contributed by atoms with Crippen molar-refractivity contribution < 1.29 is 9.64 Å². The highest BCUT2D eigenvalue weighted by Gasteiger charge is 2.01. The molecule has 0 saturated heterocycles. The average molecular weight is 167 g/mol. The molecule has 0 aromatic heterocycles. The van der Waals surface area contributed by atoms with Gasteiger partial charge >= 0.3 is 0 Å². The van der Waals surface area contributed by atoms with Gasteiger partial charge in [-0.1, -0.05) is 0 Å². The number of aromatic hydroxyl groups is 1. The molecule has 1 rings (SSSR count). The van der Waals surface area contributed by atoms with E-state index in [0.29, 0.717) is 0 Å². The topological polar surface area (TPSA) is 17.2 Å². The second-order valence-electron chi connectivity index (χ2n) is 3.02. The van der Waals surface area contributed by atoms with Gasteiger partial charge in [0.25, 0.3) is 5.75 Å². The summed E-state index contributed by atoms with van der Waals surface area (Å²) in [6, 6.07) is 8.35. The molecule has 1 aromatic rings. The van der Waals surface area contributed by atoms with E-state index in [1.54, 1.807) is 0 Å². The van der Waals surface area contributed by atoms with Crippen molar-refractivity contribution in [2.45, 2.75) is 6.92 Å². The van der Waals surface area contributed by atoms with Crippen LogP contribution in [0.2, 0.25) is 0 Å². The summed E-state index contributed by atoms with van der Waals surface area (Å²) >= 11 is 0. The fourth-order valence-corrected chi connectivity index (χ4v) is 1.08. The van der Waals surface area contributed by atoms with E-state index in [4.69, 9.17) is 0 Å². The number of rotatable bonds is 3. The van der Waals surface area contributed by atoms with Crippen LogP contribution in [0.3, 0.4) is 0 Å². The molecule has 2 heteroatoms. The van der Waals surface area contributed by atoms with Gasteiger partial charge in [0.05, 0.1) is 14.1 Å². The minimum absolute atomic E-state index is 0.855. The van der Waals surface area contributed by atoms with E-state index in [2.05, 4.69) is 43.1 Å². The SMILES string of the molecule is CC[OH+]c1ccc([NH+](C)C)cc1. The molecule has 0 unspecified atom stereocenters. The largest absolute Gasteiger partial charge is 0.583 e. The second-order valence-corrected chi connectivity index (χ2v) is 3.02. The van der Waals surface area contributed by atoms with Crippen molar-refractivity contribution in [2.75, 3.05) is 20.7 Å². The minimum atomic E-state index is 0.855. The average Bonchev–Trinajstić information content (AvgIpc) is 2.06. The molecule has 0 heterocycles.